The lowest BCUT2D eigenvalue weighted by molar-refractivity contribution is -0.365. The zero-order valence-electron chi connectivity index (χ0n) is 32.4. The number of β-amino-alcohol motifs (C(OH)–C–C–N with tert-alkyl or cyclic N) is 1. The van der Waals surface area contributed by atoms with Crippen molar-refractivity contribution >= 4 is 35.0 Å². The van der Waals surface area contributed by atoms with Crippen molar-refractivity contribution in [3.8, 4) is 5.75 Å². The zero-order chi connectivity index (χ0) is 41.1. The molecule has 6 aliphatic rings. The van der Waals surface area contributed by atoms with Gasteiger partial charge < -0.3 is 54.9 Å². The molecule has 7 heterocycles. The van der Waals surface area contributed by atoms with E-state index in [-0.39, 0.29) is 29.7 Å². The molecule has 2 unspecified atom stereocenters. The number of allylic oxidation sites excluding steroid dienone is 2. The predicted molar refractivity (Wildman–Crippen MR) is 210 cm³/mol. The molecule has 1 fully saturated rings. The first-order valence-electron chi connectivity index (χ1n) is 19.6. The van der Waals surface area contributed by atoms with Crippen molar-refractivity contribution in [2.24, 2.45) is 15.9 Å². The maximum Gasteiger partial charge on any atom is 0.220 e. The second kappa shape index (κ2) is 15.5. The molecule has 7 N–H and O–H groups in total. The zero-order valence-corrected chi connectivity index (χ0v) is 32.4. The van der Waals surface area contributed by atoms with Gasteiger partial charge in [0.2, 0.25) is 5.91 Å². The third kappa shape index (κ3) is 6.98. The van der Waals surface area contributed by atoms with E-state index in [1.807, 2.05) is 24.1 Å². The van der Waals surface area contributed by atoms with Crippen LogP contribution in [0, 0.1) is 12.8 Å². The fourth-order valence-corrected chi connectivity index (χ4v) is 8.80. The number of hydrogen-bond acceptors (Lipinski definition) is 16. The lowest BCUT2D eigenvalue weighted by Crippen LogP contribution is -2.64. The molecular formula is C41H49N5O12. The Morgan fingerprint density at radius 1 is 1.12 bits per heavy atom. The predicted octanol–water partition coefficient (Wildman–Crippen LogP) is 0.771. The Kier molecular flexibility index (Phi) is 10.7. The number of nitrogens with zero attached hydrogens (tertiary/aromatic N) is 4. The number of rotatable bonds is 15. The van der Waals surface area contributed by atoms with Crippen LogP contribution in [0.4, 0.5) is 5.69 Å². The van der Waals surface area contributed by atoms with Crippen LogP contribution in [-0.2, 0) is 21.0 Å². The molecule has 1 amide bonds. The number of aliphatic hydroxyl groups is 6. The normalized spacial score (nSPS) is 28.3. The fourth-order valence-electron chi connectivity index (χ4n) is 8.80. The largest absolute Gasteiger partial charge is 0.482 e. The highest BCUT2D eigenvalue weighted by Crippen LogP contribution is 2.50. The topological polar surface area (TPSA) is 240 Å². The van der Waals surface area contributed by atoms with Crippen molar-refractivity contribution in [2.45, 2.75) is 101 Å². The number of carbonyl (C=O) groups excluding carboxylic acids is 1. The van der Waals surface area contributed by atoms with Crippen LogP contribution in [-0.4, -0.2) is 128 Å². The SMILES string of the molecule is CCC1C2=CC=NC2=CN1c1c2c(cc3c(=O)cc(C)oc13)C[C@@H](OOC[C@H](O)[C@](O)(CN1C3=CC=NC3=CC1O)[C@H](O)[C@H](O)CO)[C@@](C)(CC[C@H]1CNC(=O)C1)O2. The molecule has 0 aliphatic carbocycles. The standard InChI is InChI=1S/C41H49N5O12/c1-4-28-24-6-9-43-27(24)17-45(28)36-37-23(13-25-30(48)11-21(2)56-38(25)36)14-33(40(3,57-37)8-5-22-12-34(51)44-16-22)58-55-19-32(50)41(54,39(53)31(49)18-47)20-46-29-7-10-42-26(29)15-35(46)52/h6-7,9-11,13,15,17,22,28,31-33,35,39,47,49-50,52-54H,4-5,8,12,14,16,18-20H2,1-3H3,(H,44,51)/t22-,28?,31-,32+,33-,35?,39-,40-,41-/m1/s1. The summed E-state index contributed by atoms with van der Waals surface area (Å²) in [6, 6.07) is 3.03. The smallest absolute Gasteiger partial charge is 0.220 e. The summed E-state index contributed by atoms with van der Waals surface area (Å²) in [5.74, 6) is 0.928. The van der Waals surface area contributed by atoms with Crippen LogP contribution in [0.5, 0.6) is 5.75 Å². The maximum absolute atomic E-state index is 13.6. The van der Waals surface area contributed by atoms with Gasteiger partial charge in [0.25, 0.3) is 0 Å². The van der Waals surface area contributed by atoms with Gasteiger partial charge in [-0.15, -0.1) is 0 Å². The van der Waals surface area contributed by atoms with Gasteiger partial charge in [-0.1, -0.05) is 6.92 Å². The van der Waals surface area contributed by atoms with Gasteiger partial charge >= 0.3 is 0 Å². The van der Waals surface area contributed by atoms with Crippen LogP contribution in [0.25, 0.3) is 11.0 Å². The summed E-state index contributed by atoms with van der Waals surface area (Å²) in [5.41, 5.74) is 0.321. The summed E-state index contributed by atoms with van der Waals surface area (Å²) < 4.78 is 13.4. The lowest BCUT2D eigenvalue weighted by Gasteiger charge is -2.44. The number of benzene rings is 1. The number of anilines is 1. The molecule has 0 bridgehead atoms. The third-order valence-electron chi connectivity index (χ3n) is 12.2. The van der Waals surface area contributed by atoms with E-state index in [4.69, 9.17) is 18.9 Å². The number of nitrogens with one attached hydrogen (secondary N) is 1. The Morgan fingerprint density at radius 2 is 1.90 bits per heavy atom. The van der Waals surface area contributed by atoms with Gasteiger partial charge in [-0.25, -0.2) is 9.78 Å². The number of hydrogen-bond donors (Lipinski definition) is 7. The van der Waals surface area contributed by atoms with Crippen molar-refractivity contribution in [1.82, 2.24) is 10.2 Å². The molecule has 1 saturated heterocycles. The van der Waals surface area contributed by atoms with E-state index in [1.165, 1.54) is 23.3 Å². The van der Waals surface area contributed by atoms with E-state index >= 15 is 0 Å². The number of ether oxygens (including phenoxy) is 1. The molecule has 9 atom stereocenters. The average molecular weight is 804 g/mol. The first kappa shape index (κ1) is 40.1. The summed E-state index contributed by atoms with van der Waals surface area (Å²) in [4.78, 5) is 49.5. The number of amides is 1. The van der Waals surface area contributed by atoms with Crippen LogP contribution in [0.3, 0.4) is 0 Å². The molecule has 310 valence electrons. The number of fused-ring (bicyclic) bond motifs is 4. The summed E-state index contributed by atoms with van der Waals surface area (Å²) >= 11 is 0. The summed E-state index contributed by atoms with van der Waals surface area (Å²) in [6.07, 6.45) is 4.37. The van der Waals surface area contributed by atoms with Crippen LogP contribution < -0.4 is 20.4 Å². The average Bonchev–Trinajstić information content (AvgIpc) is 4.03. The number of aryl methyl sites for hydroxylation is 1. The van der Waals surface area contributed by atoms with Gasteiger partial charge in [0.15, 0.2) is 16.8 Å². The van der Waals surface area contributed by atoms with E-state index in [0.717, 1.165) is 11.3 Å². The molecule has 6 aliphatic heterocycles. The molecule has 0 saturated carbocycles. The Labute approximate surface area is 333 Å². The second-order valence-corrected chi connectivity index (χ2v) is 16.1. The van der Waals surface area contributed by atoms with Crippen LogP contribution in [0.15, 0.2) is 78.4 Å². The molecule has 0 spiro atoms. The quantitative estimate of drug-likeness (QED) is 0.0973. The van der Waals surface area contributed by atoms with E-state index in [0.29, 0.717) is 77.4 Å². The minimum Gasteiger partial charge on any atom is -0.482 e. The van der Waals surface area contributed by atoms with Gasteiger partial charge in [-0.3, -0.25) is 19.6 Å². The van der Waals surface area contributed by atoms with E-state index in [9.17, 15) is 40.2 Å². The van der Waals surface area contributed by atoms with Crippen molar-refractivity contribution in [3.05, 3.63) is 80.8 Å². The van der Waals surface area contributed by atoms with Crippen molar-refractivity contribution in [3.63, 3.8) is 0 Å². The molecule has 1 aromatic carbocycles. The lowest BCUT2D eigenvalue weighted by atomic mass is 9.83. The minimum absolute atomic E-state index is 0.0317. The number of aliphatic imine (C=N–C) groups is 2. The van der Waals surface area contributed by atoms with Gasteiger partial charge in [-0.2, -0.15) is 0 Å². The van der Waals surface area contributed by atoms with E-state index in [2.05, 4.69) is 22.2 Å². The molecule has 17 nitrogen and oxygen atoms in total. The molecule has 2 aromatic rings. The number of aliphatic hydroxyl groups excluding tert-OH is 5. The van der Waals surface area contributed by atoms with Gasteiger partial charge in [0, 0.05) is 55.2 Å². The summed E-state index contributed by atoms with van der Waals surface area (Å²) in [5, 5.41) is 68.4. The van der Waals surface area contributed by atoms with Crippen molar-refractivity contribution in [2.75, 3.05) is 31.2 Å². The van der Waals surface area contributed by atoms with Crippen LogP contribution in [0.2, 0.25) is 0 Å². The summed E-state index contributed by atoms with van der Waals surface area (Å²) in [6.45, 7) is 3.90. The molecule has 1 aromatic heterocycles. The Bertz CT molecular complexity index is 2230. The monoisotopic (exact) mass is 803 g/mol. The fraction of sp³-hybridized carbons (Fsp3) is 0.512. The summed E-state index contributed by atoms with van der Waals surface area (Å²) in [7, 11) is 0. The minimum atomic E-state index is -2.57. The highest BCUT2D eigenvalue weighted by Gasteiger charge is 2.51. The van der Waals surface area contributed by atoms with Gasteiger partial charge in [0.1, 0.15) is 59.9 Å². The number of carbonyl (C=O) groups is 1. The molecule has 17 heteroatoms. The molecular weight excluding hydrogens is 754 g/mol. The van der Waals surface area contributed by atoms with E-state index in [1.54, 1.807) is 25.3 Å². The van der Waals surface area contributed by atoms with Gasteiger partial charge in [-0.05, 0) is 63.3 Å². The van der Waals surface area contributed by atoms with E-state index < -0.39 is 61.6 Å². The van der Waals surface area contributed by atoms with Crippen molar-refractivity contribution in [1.29, 1.82) is 0 Å². The highest BCUT2D eigenvalue weighted by atomic mass is 17.2. The highest BCUT2D eigenvalue weighted by molar-refractivity contribution is 5.96. The second-order valence-electron chi connectivity index (χ2n) is 16.1. The molecule has 58 heavy (non-hydrogen) atoms. The Balaban J connectivity index is 1.11. The first-order valence-corrected chi connectivity index (χ1v) is 19.6. The molecule has 8 rings (SSSR count). The van der Waals surface area contributed by atoms with Crippen molar-refractivity contribution < 1.29 is 54.4 Å². The Morgan fingerprint density at radius 3 is 2.64 bits per heavy atom. The Hall–Kier alpha value is -4.72. The molecule has 0 radical (unpaired) electrons. The first-order chi connectivity index (χ1) is 27.7. The van der Waals surface area contributed by atoms with Crippen LogP contribution in [0.1, 0.15) is 50.9 Å². The third-order valence-corrected chi connectivity index (χ3v) is 12.2. The van der Waals surface area contributed by atoms with Crippen LogP contribution >= 0.6 is 0 Å². The van der Waals surface area contributed by atoms with Gasteiger partial charge in [0.05, 0.1) is 41.7 Å². The maximum atomic E-state index is 13.6.